The number of rotatable bonds is 2. The van der Waals surface area contributed by atoms with Crippen LogP contribution in [0.1, 0.15) is 11.4 Å². The molecule has 0 saturated heterocycles. The Kier molecular flexibility index (Phi) is 3.80. The number of hydrogen-bond acceptors (Lipinski definition) is 3. The molecule has 1 aromatic carbocycles. The Hall–Kier alpha value is -1.89. The van der Waals surface area contributed by atoms with E-state index in [1.807, 2.05) is 0 Å². The zero-order valence-corrected chi connectivity index (χ0v) is 11.1. The molecule has 0 saturated carbocycles. The van der Waals surface area contributed by atoms with Crippen LogP contribution in [0.4, 0.5) is 29.1 Å². The highest BCUT2D eigenvalue weighted by molar-refractivity contribution is 6.30. The van der Waals surface area contributed by atoms with Crippen LogP contribution in [0.25, 0.3) is 0 Å². The predicted molar refractivity (Wildman–Crippen MR) is 66.1 cm³/mol. The monoisotopic (exact) mass is 305 g/mol. The number of halogens is 5. The van der Waals surface area contributed by atoms with Gasteiger partial charge in [-0.05, 0) is 13.8 Å². The first-order valence-electron chi connectivity index (χ1n) is 5.42. The van der Waals surface area contributed by atoms with Crippen LogP contribution >= 0.6 is 11.6 Å². The number of nitrogens with one attached hydrogen (secondary N) is 1. The van der Waals surface area contributed by atoms with Gasteiger partial charge in [0, 0.05) is 11.6 Å². The molecule has 8 heteroatoms. The Bertz CT molecular complexity index is 665. The molecule has 1 aromatic heterocycles. The first kappa shape index (κ1) is 14.5. The maximum absolute atomic E-state index is 13.5. The number of aryl methyl sites for hydroxylation is 1. The van der Waals surface area contributed by atoms with Crippen LogP contribution in [0.15, 0.2) is 6.07 Å². The average Bonchev–Trinajstić information content (AvgIpc) is 2.37. The largest absolute Gasteiger partial charge is 0.335 e. The lowest BCUT2D eigenvalue weighted by atomic mass is 10.2. The Morgan fingerprint density at radius 1 is 1.00 bits per heavy atom. The van der Waals surface area contributed by atoms with Crippen molar-refractivity contribution >= 4 is 23.1 Å². The molecule has 0 radical (unpaired) electrons. The highest BCUT2D eigenvalue weighted by Gasteiger charge is 2.20. The molecule has 2 rings (SSSR count). The molecule has 0 spiro atoms. The lowest BCUT2D eigenvalue weighted by Gasteiger charge is -2.12. The molecule has 0 atom stereocenters. The fraction of sp³-hybridized carbons (Fsp3) is 0.167. The summed E-state index contributed by atoms with van der Waals surface area (Å²) < 4.78 is 53.3. The van der Waals surface area contributed by atoms with Crippen molar-refractivity contribution in [1.82, 2.24) is 9.97 Å². The third-order valence-corrected chi connectivity index (χ3v) is 2.92. The predicted octanol–water partition coefficient (Wildman–Crippen LogP) is 4.05. The quantitative estimate of drug-likeness (QED) is 0.517. The van der Waals surface area contributed by atoms with Gasteiger partial charge in [0.1, 0.15) is 22.5 Å². The summed E-state index contributed by atoms with van der Waals surface area (Å²) in [4.78, 5) is 7.72. The highest BCUT2D eigenvalue weighted by atomic mass is 35.5. The first-order chi connectivity index (χ1) is 9.31. The highest BCUT2D eigenvalue weighted by Crippen LogP contribution is 2.29. The molecular formula is C12H8ClF4N3. The lowest BCUT2D eigenvalue weighted by Crippen LogP contribution is -2.07. The molecule has 3 nitrogen and oxygen atoms in total. The molecule has 0 aliphatic rings. The maximum Gasteiger partial charge on any atom is 0.185 e. The van der Waals surface area contributed by atoms with E-state index >= 15 is 0 Å². The van der Waals surface area contributed by atoms with Gasteiger partial charge in [0.25, 0.3) is 0 Å². The SMILES string of the molecule is Cc1nc(Cl)c(C)c(Nc2c(F)c(F)cc(F)c2F)n1. The first-order valence-corrected chi connectivity index (χ1v) is 5.79. The van der Waals surface area contributed by atoms with Crippen LogP contribution in [-0.2, 0) is 0 Å². The fourth-order valence-corrected chi connectivity index (χ4v) is 1.73. The normalized spacial score (nSPS) is 10.8. The van der Waals surface area contributed by atoms with E-state index < -0.39 is 29.0 Å². The molecule has 0 fully saturated rings. The summed E-state index contributed by atoms with van der Waals surface area (Å²) >= 11 is 5.80. The summed E-state index contributed by atoms with van der Waals surface area (Å²) in [6.07, 6.45) is 0. The van der Waals surface area contributed by atoms with Gasteiger partial charge in [-0.15, -0.1) is 0 Å². The molecule has 2 aromatic rings. The minimum atomic E-state index is -1.55. The van der Waals surface area contributed by atoms with Gasteiger partial charge in [-0.3, -0.25) is 0 Å². The number of anilines is 2. The molecule has 1 N–H and O–H groups in total. The molecule has 1 heterocycles. The van der Waals surface area contributed by atoms with Crippen molar-refractivity contribution in [3.05, 3.63) is 45.9 Å². The van der Waals surface area contributed by atoms with Gasteiger partial charge in [0.2, 0.25) is 0 Å². The summed E-state index contributed by atoms with van der Waals surface area (Å²) in [6.45, 7) is 3.00. The van der Waals surface area contributed by atoms with Gasteiger partial charge in [-0.2, -0.15) is 0 Å². The zero-order valence-electron chi connectivity index (χ0n) is 10.4. The molecule has 0 aliphatic heterocycles. The van der Waals surface area contributed by atoms with Crippen molar-refractivity contribution in [3.63, 3.8) is 0 Å². The van der Waals surface area contributed by atoms with Crippen LogP contribution < -0.4 is 5.32 Å². The van der Waals surface area contributed by atoms with Gasteiger partial charge in [-0.25, -0.2) is 27.5 Å². The molecule has 0 amide bonds. The summed E-state index contributed by atoms with van der Waals surface area (Å²) in [5.41, 5.74) is -0.680. The Labute approximate surface area is 116 Å². The van der Waals surface area contributed by atoms with Crippen LogP contribution in [0.5, 0.6) is 0 Å². The molecule has 0 bridgehead atoms. The topological polar surface area (TPSA) is 37.8 Å². The Morgan fingerprint density at radius 3 is 2.10 bits per heavy atom. The van der Waals surface area contributed by atoms with Crippen molar-refractivity contribution in [2.45, 2.75) is 13.8 Å². The minimum absolute atomic E-state index is 0.0368. The van der Waals surface area contributed by atoms with Crippen LogP contribution in [0.3, 0.4) is 0 Å². The van der Waals surface area contributed by atoms with E-state index in [0.29, 0.717) is 5.56 Å². The van der Waals surface area contributed by atoms with Gasteiger partial charge in [-0.1, -0.05) is 11.6 Å². The summed E-state index contributed by atoms with van der Waals surface area (Å²) in [6, 6.07) is 0.126. The molecule has 0 unspecified atom stereocenters. The number of hydrogen-bond donors (Lipinski definition) is 1. The second-order valence-corrected chi connectivity index (χ2v) is 4.36. The third-order valence-electron chi connectivity index (χ3n) is 2.55. The average molecular weight is 306 g/mol. The van der Waals surface area contributed by atoms with Crippen molar-refractivity contribution in [2.75, 3.05) is 5.32 Å². The Morgan fingerprint density at radius 2 is 1.55 bits per heavy atom. The summed E-state index contributed by atoms with van der Waals surface area (Å²) in [5, 5.41) is 2.27. The molecule has 106 valence electrons. The van der Waals surface area contributed by atoms with E-state index in [2.05, 4.69) is 15.3 Å². The number of benzene rings is 1. The van der Waals surface area contributed by atoms with Crippen molar-refractivity contribution in [1.29, 1.82) is 0 Å². The Balaban J connectivity index is 2.56. The van der Waals surface area contributed by atoms with E-state index in [1.165, 1.54) is 13.8 Å². The van der Waals surface area contributed by atoms with E-state index in [4.69, 9.17) is 11.6 Å². The van der Waals surface area contributed by atoms with E-state index in [9.17, 15) is 17.6 Å². The third kappa shape index (κ3) is 2.53. The van der Waals surface area contributed by atoms with Crippen molar-refractivity contribution < 1.29 is 17.6 Å². The lowest BCUT2D eigenvalue weighted by molar-refractivity contribution is 0.459. The summed E-state index contributed by atoms with van der Waals surface area (Å²) in [5.74, 6) is -5.92. The maximum atomic E-state index is 13.5. The molecule has 20 heavy (non-hydrogen) atoms. The smallest absolute Gasteiger partial charge is 0.185 e. The second kappa shape index (κ2) is 5.24. The van der Waals surface area contributed by atoms with Crippen LogP contribution in [0.2, 0.25) is 5.15 Å². The van der Waals surface area contributed by atoms with E-state index in [0.717, 1.165) is 0 Å². The van der Waals surface area contributed by atoms with Gasteiger partial charge in [0.15, 0.2) is 23.3 Å². The van der Waals surface area contributed by atoms with E-state index in [1.54, 1.807) is 0 Å². The van der Waals surface area contributed by atoms with Gasteiger partial charge < -0.3 is 5.32 Å². The number of nitrogens with zero attached hydrogens (tertiary/aromatic N) is 2. The van der Waals surface area contributed by atoms with Crippen molar-refractivity contribution in [2.24, 2.45) is 0 Å². The van der Waals surface area contributed by atoms with Gasteiger partial charge >= 0.3 is 0 Å². The zero-order chi connectivity index (χ0) is 15.0. The van der Waals surface area contributed by atoms with E-state index in [-0.39, 0.29) is 22.9 Å². The number of aromatic nitrogens is 2. The molecule has 0 aliphatic carbocycles. The summed E-state index contributed by atoms with van der Waals surface area (Å²) in [7, 11) is 0. The van der Waals surface area contributed by atoms with Crippen LogP contribution in [-0.4, -0.2) is 9.97 Å². The van der Waals surface area contributed by atoms with Crippen molar-refractivity contribution in [3.8, 4) is 0 Å². The second-order valence-electron chi connectivity index (χ2n) is 4.00. The fourth-order valence-electron chi connectivity index (χ4n) is 1.52. The van der Waals surface area contributed by atoms with Gasteiger partial charge in [0.05, 0.1) is 0 Å². The van der Waals surface area contributed by atoms with Crippen LogP contribution in [0, 0.1) is 37.1 Å². The minimum Gasteiger partial charge on any atom is -0.335 e. The standard InChI is InChI=1S/C12H8ClF4N3/c1-4-11(13)18-5(2)19-12(4)20-10-8(16)6(14)3-7(15)9(10)17/h3H,1-2H3,(H,18,19,20). The molecular weight excluding hydrogens is 298 g/mol.